The topological polar surface area (TPSA) is 81.8 Å². The van der Waals surface area contributed by atoms with Gasteiger partial charge in [0.1, 0.15) is 6.04 Å². The number of nitrogens with two attached hydrogens (primary N) is 1. The maximum absolute atomic E-state index is 10.9. The molecule has 1 aromatic carbocycles. The first-order chi connectivity index (χ1) is 7.52. The third-order valence-corrected chi connectivity index (χ3v) is 3.45. The van der Waals surface area contributed by atoms with Crippen molar-refractivity contribution in [2.45, 2.75) is 13.0 Å². The maximum Gasteiger partial charge on any atom is 0.325 e. The van der Waals surface area contributed by atoms with Gasteiger partial charge in [0, 0.05) is 0 Å². The van der Waals surface area contributed by atoms with E-state index in [1.165, 1.54) is 0 Å². The molecular formula is C10H10BrNO4. The van der Waals surface area contributed by atoms with E-state index in [9.17, 15) is 4.79 Å². The molecule has 1 atom stereocenters. The van der Waals surface area contributed by atoms with Crippen molar-refractivity contribution < 1.29 is 19.4 Å². The van der Waals surface area contributed by atoms with Crippen LogP contribution in [0.5, 0.6) is 11.5 Å². The van der Waals surface area contributed by atoms with Crippen LogP contribution in [-0.4, -0.2) is 17.9 Å². The highest BCUT2D eigenvalue weighted by Crippen LogP contribution is 2.43. The number of hydrogen-bond donors (Lipinski definition) is 2. The molecule has 1 aromatic rings. The van der Waals surface area contributed by atoms with Gasteiger partial charge in [-0.15, -0.1) is 0 Å². The average Bonchev–Trinajstić information content (AvgIpc) is 2.70. The molecule has 0 saturated carbocycles. The molecule has 1 heterocycles. The quantitative estimate of drug-likeness (QED) is 0.863. The summed E-state index contributed by atoms with van der Waals surface area (Å²) in [6.45, 7) is 1.92. The van der Waals surface area contributed by atoms with Crippen LogP contribution in [0.3, 0.4) is 0 Å². The summed E-state index contributed by atoms with van der Waals surface area (Å²) >= 11 is 3.35. The summed E-state index contributed by atoms with van der Waals surface area (Å²) in [6, 6.07) is 0.548. The van der Waals surface area contributed by atoms with Gasteiger partial charge >= 0.3 is 5.97 Å². The standard InChI is InChI=1S/C10H10BrNO4/c1-4-5(8(12)10(13)14)2-6-9(7(4)11)16-3-15-6/h2,8H,3,12H2,1H3,(H,13,14). The zero-order valence-corrected chi connectivity index (χ0v) is 10.1. The van der Waals surface area contributed by atoms with E-state index in [-0.39, 0.29) is 6.79 Å². The fourth-order valence-electron chi connectivity index (χ4n) is 1.57. The largest absolute Gasteiger partial charge is 0.480 e. The summed E-state index contributed by atoms with van der Waals surface area (Å²) in [6.07, 6.45) is 0. The monoisotopic (exact) mass is 287 g/mol. The minimum Gasteiger partial charge on any atom is -0.480 e. The fourth-order valence-corrected chi connectivity index (χ4v) is 2.11. The Balaban J connectivity index is 2.56. The van der Waals surface area contributed by atoms with Crippen molar-refractivity contribution in [1.82, 2.24) is 0 Å². The number of carboxylic acids is 1. The summed E-state index contributed by atoms with van der Waals surface area (Å²) < 4.78 is 11.1. The molecule has 1 unspecified atom stereocenters. The zero-order valence-electron chi connectivity index (χ0n) is 8.49. The molecule has 0 spiro atoms. The molecule has 3 N–H and O–H groups in total. The van der Waals surface area contributed by atoms with Gasteiger partial charge in [0.05, 0.1) is 4.47 Å². The van der Waals surface area contributed by atoms with Gasteiger partial charge in [-0.25, -0.2) is 0 Å². The number of carbonyl (C=O) groups is 1. The predicted octanol–water partition coefficient (Wildman–Crippen LogP) is 1.57. The van der Waals surface area contributed by atoms with Crippen LogP contribution in [0.2, 0.25) is 0 Å². The van der Waals surface area contributed by atoms with Gasteiger partial charge in [-0.3, -0.25) is 4.79 Å². The lowest BCUT2D eigenvalue weighted by atomic mass is 10.0. The molecular weight excluding hydrogens is 278 g/mol. The minimum atomic E-state index is -1.08. The number of carboxylic acid groups (broad SMARTS) is 1. The molecule has 0 amide bonds. The Kier molecular flexibility index (Phi) is 2.77. The van der Waals surface area contributed by atoms with E-state index in [0.29, 0.717) is 21.5 Å². The highest BCUT2D eigenvalue weighted by atomic mass is 79.9. The molecule has 0 fully saturated rings. The number of hydrogen-bond acceptors (Lipinski definition) is 4. The number of fused-ring (bicyclic) bond motifs is 1. The molecule has 0 aromatic heterocycles. The SMILES string of the molecule is Cc1c(C(N)C(=O)O)cc2c(c1Br)OCO2. The second-order valence-corrected chi connectivity index (χ2v) is 4.25. The van der Waals surface area contributed by atoms with Crippen LogP contribution >= 0.6 is 15.9 Å². The molecule has 0 radical (unpaired) electrons. The van der Waals surface area contributed by atoms with Crippen LogP contribution in [0.4, 0.5) is 0 Å². The summed E-state index contributed by atoms with van der Waals surface area (Å²) in [7, 11) is 0. The highest BCUT2D eigenvalue weighted by Gasteiger charge is 2.25. The van der Waals surface area contributed by atoms with E-state index in [0.717, 1.165) is 5.56 Å². The molecule has 16 heavy (non-hydrogen) atoms. The van der Waals surface area contributed by atoms with Crippen LogP contribution in [0, 0.1) is 6.92 Å². The molecule has 6 heteroatoms. The van der Waals surface area contributed by atoms with Crippen molar-refractivity contribution in [1.29, 1.82) is 0 Å². The Morgan fingerprint density at radius 3 is 2.94 bits per heavy atom. The molecule has 1 aliphatic rings. The number of ether oxygens (including phenoxy) is 2. The van der Waals surface area contributed by atoms with Crippen molar-refractivity contribution >= 4 is 21.9 Å². The van der Waals surface area contributed by atoms with Crippen LogP contribution < -0.4 is 15.2 Å². The first kappa shape index (κ1) is 11.2. The van der Waals surface area contributed by atoms with Gasteiger partial charge in [0.15, 0.2) is 11.5 Å². The van der Waals surface area contributed by atoms with Crippen LogP contribution in [0.25, 0.3) is 0 Å². The van der Waals surface area contributed by atoms with Gasteiger partial charge in [-0.2, -0.15) is 0 Å². The van der Waals surface area contributed by atoms with E-state index in [1.54, 1.807) is 13.0 Å². The van der Waals surface area contributed by atoms with Crippen LogP contribution in [0.15, 0.2) is 10.5 Å². The van der Waals surface area contributed by atoms with Gasteiger partial charge < -0.3 is 20.3 Å². The Bertz CT molecular complexity index is 461. The zero-order chi connectivity index (χ0) is 11.9. The lowest BCUT2D eigenvalue weighted by Crippen LogP contribution is -2.21. The lowest BCUT2D eigenvalue weighted by Gasteiger charge is -2.13. The molecule has 5 nitrogen and oxygen atoms in total. The second kappa shape index (κ2) is 3.95. The summed E-state index contributed by atoms with van der Waals surface area (Å²) in [5, 5.41) is 8.89. The van der Waals surface area contributed by atoms with Crippen molar-refractivity contribution in [2.75, 3.05) is 6.79 Å². The number of halogens is 1. The lowest BCUT2D eigenvalue weighted by molar-refractivity contribution is -0.138. The van der Waals surface area contributed by atoms with Crippen LogP contribution in [-0.2, 0) is 4.79 Å². The smallest absolute Gasteiger partial charge is 0.325 e. The average molecular weight is 288 g/mol. The van der Waals surface area contributed by atoms with Crippen LogP contribution in [0.1, 0.15) is 17.2 Å². The maximum atomic E-state index is 10.9. The Labute approximate surface area is 100 Å². The van der Waals surface area contributed by atoms with Gasteiger partial charge in [-0.05, 0) is 40.0 Å². The summed E-state index contributed by atoms with van der Waals surface area (Å²) in [5.41, 5.74) is 6.85. The van der Waals surface area contributed by atoms with E-state index >= 15 is 0 Å². The minimum absolute atomic E-state index is 0.138. The van der Waals surface area contributed by atoms with Gasteiger partial charge in [-0.1, -0.05) is 0 Å². The summed E-state index contributed by atoms with van der Waals surface area (Å²) in [5.74, 6) is 0.0388. The highest BCUT2D eigenvalue weighted by molar-refractivity contribution is 9.10. The van der Waals surface area contributed by atoms with Crippen molar-refractivity contribution in [3.8, 4) is 11.5 Å². The first-order valence-corrected chi connectivity index (χ1v) is 5.38. The van der Waals surface area contributed by atoms with Crippen molar-refractivity contribution in [2.24, 2.45) is 5.73 Å². The number of benzene rings is 1. The van der Waals surface area contributed by atoms with Crippen molar-refractivity contribution in [3.05, 3.63) is 21.7 Å². The normalized spacial score (nSPS) is 14.9. The number of aliphatic carboxylic acids is 1. The molecule has 0 aliphatic carbocycles. The van der Waals surface area contributed by atoms with E-state index in [4.69, 9.17) is 20.3 Å². The van der Waals surface area contributed by atoms with Crippen molar-refractivity contribution in [3.63, 3.8) is 0 Å². The number of rotatable bonds is 2. The molecule has 2 rings (SSSR count). The Hall–Kier alpha value is -1.27. The third-order valence-electron chi connectivity index (χ3n) is 2.49. The summed E-state index contributed by atoms with van der Waals surface area (Å²) in [4.78, 5) is 10.9. The Morgan fingerprint density at radius 1 is 1.62 bits per heavy atom. The molecule has 0 saturated heterocycles. The van der Waals surface area contributed by atoms with Gasteiger partial charge in [0.25, 0.3) is 0 Å². The van der Waals surface area contributed by atoms with E-state index < -0.39 is 12.0 Å². The molecule has 1 aliphatic heterocycles. The molecule has 86 valence electrons. The molecule has 0 bridgehead atoms. The van der Waals surface area contributed by atoms with E-state index in [2.05, 4.69) is 15.9 Å². The predicted molar refractivity (Wildman–Crippen MR) is 59.6 cm³/mol. The first-order valence-electron chi connectivity index (χ1n) is 4.59. The second-order valence-electron chi connectivity index (χ2n) is 3.45. The third kappa shape index (κ3) is 1.64. The fraction of sp³-hybridized carbons (Fsp3) is 0.300. The van der Waals surface area contributed by atoms with E-state index in [1.807, 2.05) is 0 Å². The Morgan fingerprint density at radius 2 is 2.31 bits per heavy atom. The van der Waals surface area contributed by atoms with Gasteiger partial charge in [0.2, 0.25) is 6.79 Å².